The van der Waals surface area contributed by atoms with Crippen LogP contribution < -0.4 is 5.56 Å². The molecule has 4 rings (SSSR count). The minimum absolute atomic E-state index is 0.00361. The summed E-state index contributed by atoms with van der Waals surface area (Å²) in [5.41, 5.74) is 0.511. The molecule has 0 atom stereocenters. The zero-order valence-corrected chi connectivity index (χ0v) is 13.6. The monoisotopic (exact) mass is 325 g/mol. The third-order valence-electron chi connectivity index (χ3n) is 3.32. The van der Waals surface area contributed by atoms with Crippen molar-refractivity contribution in [3.05, 3.63) is 64.2 Å². The van der Waals surface area contributed by atoms with Crippen molar-refractivity contribution in [3.8, 4) is 5.69 Å². The van der Waals surface area contributed by atoms with Gasteiger partial charge in [0.25, 0.3) is 5.56 Å². The molecule has 1 aliphatic rings. The topological polar surface area (TPSA) is 64.8 Å². The molecule has 0 saturated carbocycles. The first-order valence-corrected chi connectivity index (χ1v) is 7.61. The first-order valence-electron chi connectivity index (χ1n) is 7.61. The summed E-state index contributed by atoms with van der Waals surface area (Å²) in [4.78, 5) is 32.7. The molecule has 0 unspecified atom stereocenters. The molecule has 24 heavy (non-hydrogen) atoms. The van der Waals surface area contributed by atoms with Crippen molar-refractivity contribution in [3.63, 3.8) is 0 Å². The number of ketones is 1. The third kappa shape index (κ3) is 2.60. The van der Waals surface area contributed by atoms with Gasteiger partial charge in [-0.05, 0) is 30.2 Å². The van der Waals surface area contributed by atoms with E-state index in [2.05, 4.69) is 30.7 Å². The number of halogens is 1. The SMILES string of the molecule is CC(C)C.O=C1c2cc(F)ccc2-n2c1nc1cnccc1c2=O. The second-order valence-corrected chi connectivity index (χ2v) is 6.19. The van der Waals surface area contributed by atoms with Crippen LogP contribution in [0.25, 0.3) is 16.6 Å². The Kier molecular flexibility index (Phi) is 3.97. The van der Waals surface area contributed by atoms with E-state index in [0.717, 1.165) is 12.0 Å². The minimum atomic E-state index is -0.524. The van der Waals surface area contributed by atoms with Crippen LogP contribution in [0.1, 0.15) is 37.0 Å². The van der Waals surface area contributed by atoms with Gasteiger partial charge in [-0.25, -0.2) is 9.37 Å². The van der Waals surface area contributed by atoms with Crippen molar-refractivity contribution >= 4 is 16.7 Å². The molecule has 0 spiro atoms. The number of fused-ring (bicyclic) bond motifs is 4. The lowest BCUT2D eigenvalue weighted by Crippen LogP contribution is -2.21. The molecule has 6 heteroatoms. The standard InChI is InChI=1S/C14H6FN3O2.C4H10/c15-7-1-2-11-9(5-7)12(19)13-17-10-6-16-4-3-8(10)14(20)18(11)13;1-4(2)3/h1-6H;4H,1-3H3. The van der Waals surface area contributed by atoms with Crippen LogP contribution in [0.4, 0.5) is 4.39 Å². The molecular weight excluding hydrogens is 309 g/mol. The highest BCUT2D eigenvalue weighted by atomic mass is 19.1. The van der Waals surface area contributed by atoms with Crippen LogP contribution in [0.2, 0.25) is 0 Å². The first kappa shape index (κ1) is 16.0. The Labute approximate surface area is 137 Å². The van der Waals surface area contributed by atoms with E-state index in [1.807, 2.05) is 0 Å². The lowest BCUT2D eigenvalue weighted by atomic mass is 10.1. The normalized spacial score (nSPS) is 12.0. The van der Waals surface area contributed by atoms with Crippen molar-refractivity contribution in [2.45, 2.75) is 20.8 Å². The highest BCUT2D eigenvalue weighted by molar-refractivity contribution is 6.13. The molecule has 2 aromatic heterocycles. The van der Waals surface area contributed by atoms with Gasteiger partial charge in [0, 0.05) is 6.20 Å². The maximum atomic E-state index is 13.3. The van der Waals surface area contributed by atoms with Gasteiger partial charge < -0.3 is 0 Å². The van der Waals surface area contributed by atoms with E-state index in [1.54, 1.807) is 6.07 Å². The predicted molar refractivity (Wildman–Crippen MR) is 89.0 cm³/mol. The first-order chi connectivity index (χ1) is 11.4. The van der Waals surface area contributed by atoms with Gasteiger partial charge in [-0.3, -0.25) is 19.1 Å². The largest absolute Gasteiger partial charge is 0.285 e. The van der Waals surface area contributed by atoms with Gasteiger partial charge in [0.05, 0.1) is 28.4 Å². The van der Waals surface area contributed by atoms with Crippen LogP contribution in [0.15, 0.2) is 41.5 Å². The zero-order chi connectivity index (χ0) is 17.4. The molecule has 0 N–H and O–H groups in total. The minimum Gasteiger partial charge on any atom is -0.285 e. The van der Waals surface area contributed by atoms with E-state index in [0.29, 0.717) is 16.6 Å². The van der Waals surface area contributed by atoms with Crippen molar-refractivity contribution in [2.75, 3.05) is 0 Å². The van der Waals surface area contributed by atoms with E-state index < -0.39 is 11.6 Å². The molecule has 0 fully saturated rings. The molecule has 0 saturated heterocycles. The third-order valence-corrected chi connectivity index (χ3v) is 3.32. The quantitative estimate of drug-likeness (QED) is 0.498. The smallest absolute Gasteiger partial charge is 0.266 e. The average molecular weight is 325 g/mol. The summed E-state index contributed by atoms with van der Waals surface area (Å²) in [6.45, 7) is 6.50. The predicted octanol–water partition coefficient (Wildman–Crippen LogP) is 3.13. The number of carbonyl (C=O) groups is 1. The van der Waals surface area contributed by atoms with Gasteiger partial charge >= 0.3 is 0 Å². The fraction of sp³-hybridized carbons (Fsp3) is 0.222. The summed E-state index contributed by atoms with van der Waals surface area (Å²) in [6.07, 6.45) is 2.91. The molecule has 122 valence electrons. The summed E-state index contributed by atoms with van der Waals surface area (Å²) >= 11 is 0. The van der Waals surface area contributed by atoms with Crippen LogP contribution in [-0.4, -0.2) is 20.3 Å². The number of rotatable bonds is 0. The molecule has 1 aliphatic heterocycles. The highest BCUT2D eigenvalue weighted by Crippen LogP contribution is 2.26. The van der Waals surface area contributed by atoms with Crippen molar-refractivity contribution in [1.29, 1.82) is 0 Å². The van der Waals surface area contributed by atoms with Crippen molar-refractivity contribution < 1.29 is 9.18 Å². The number of pyridine rings is 1. The Bertz CT molecular complexity index is 1010. The number of benzene rings is 1. The number of aromatic nitrogens is 3. The van der Waals surface area contributed by atoms with Crippen LogP contribution in [0, 0.1) is 11.7 Å². The molecule has 3 heterocycles. The zero-order valence-electron chi connectivity index (χ0n) is 13.6. The lowest BCUT2D eigenvalue weighted by molar-refractivity contribution is 0.103. The highest BCUT2D eigenvalue weighted by Gasteiger charge is 2.30. The van der Waals surface area contributed by atoms with Gasteiger partial charge in [-0.15, -0.1) is 0 Å². The molecule has 1 aromatic carbocycles. The van der Waals surface area contributed by atoms with Crippen LogP contribution >= 0.6 is 0 Å². The fourth-order valence-corrected chi connectivity index (χ4v) is 2.42. The molecule has 0 amide bonds. The lowest BCUT2D eigenvalue weighted by Gasteiger charge is -2.04. The Morgan fingerprint density at radius 1 is 1.12 bits per heavy atom. The van der Waals surface area contributed by atoms with Crippen molar-refractivity contribution in [2.24, 2.45) is 5.92 Å². The number of nitrogens with zero attached hydrogens (tertiary/aromatic N) is 3. The second kappa shape index (κ2) is 5.96. The number of hydrogen-bond donors (Lipinski definition) is 0. The maximum Gasteiger partial charge on any atom is 0.266 e. The summed E-state index contributed by atoms with van der Waals surface area (Å²) in [5, 5.41) is 0.369. The molecular formula is C18H16FN3O2. The summed E-state index contributed by atoms with van der Waals surface area (Å²) in [7, 11) is 0. The Morgan fingerprint density at radius 3 is 2.54 bits per heavy atom. The Hall–Kier alpha value is -2.89. The van der Waals surface area contributed by atoms with Gasteiger partial charge in [-0.1, -0.05) is 20.8 Å². The van der Waals surface area contributed by atoms with Crippen molar-refractivity contribution in [1.82, 2.24) is 14.5 Å². The molecule has 5 nitrogen and oxygen atoms in total. The summed E-state index contributed by atoms with van der Waals surface area (Å²) in [6, 6.07) is 5.29. The van der Waals surface area contributed by atoms with E-state index in [1.165, 1.54) is 29.1 Å². The van der Waals surface area contributed by atoms with E-state index in [-0.39, 0.29) is 16.9 Å². The Balaban J connectivity index is 0.000000383. The fourth-order valence-electron chi connectivity index (χ4n) is 2.42. The molecule has 0 aliphatic carbocycles. The molecule has 0 radical (unpaired) electrons. The summed E-state index contributed by atoms with van der Waals surface area (Å²) in [5.74, 6) is -0.150. The van der Waals surface area contributed by atoms with E-state index in [9.17, 15) is 14.0 Å². The van der Waals surface area contributed by atoms with Gasteiger partial charge in [0.1, 0.15) is 5.82 Å². The molecule has 3 aromatic rings. The molecule has 0 bridgehead atoms. The number of hydrogen-bond acceptors (Lipinski definition) is 4. The Morgan fingerprint density at radius 2 is 1.83 bits per heavy atom. The maximum absolute atomic E-state index is 13.3. The van der Waals surface area contributed by atoms with E-state index >= 15 is 0 Å². The van der Waals surface area contributed by atoms with E-state index in [4.69, 9.17) is 0 Å². The van der Waals surface area contributed by atoms with Crippen LogP contribution in [-0.2, 0) is 0 Å². The number of carbonyl (C=O) groups excluding carboxylic acids is 1. The van der Waals surface area contributed by atoms with Crippen LogP contribution in [0.5, 0.6) is 0 Å². The van der Waals surface area contributed by atoms with Gasteiger partial charge in [-0.2, -0.15) is 0 Å². The second-order valence-electron chi connectivity index (χ2n) is 6.19. The summed E-state index contributed by atoms with van der Waals surface area (Å²) < 4.78 is 14.5. The van der Waals surface area contributed by atoms with Gasteiger partial charge in [0.15, 0.2) is 5.82 Å². The van der Waals surface area contributed by atoms with Gasteiger partial charge in [0.2, 0.25) is 5.78 Å². The van der Waals surface area contributed by atoms with Crippen LogP contribution in [0.3, 0.4) is 0 Å². The average Bonchev–Trinajstić information content (AvgIpc) is 2.80.